The van der Waals surface area contributed by atoms with Crippen molar-refractivity contribution >= 4 is 17.9 Å². The standard InChI is InChI=1S/C14H16O4/c1-18-13-7-4-11(5-8-13)14(17)9-6-12(16)3-2-10-15/h4-5,7-8,10H,2-3,6,9H2,1H3. The zero-order valence-corrected chi connectivity index (χ0v) is 10.3. The Labute approximate surface area is 106 Å². The van der Waals surface area contributed by atoms with Gasteiger partial charge in [-0.05, 0) is 24.3 Å². The number of ether oxygens (including phenoxy) is 1. The lowest BCUT2D eigenvalue weighted by Gasteiger charge is -2.02. The van der Waals surface area contributed by atoms with Gasteiger partial charge in [0.05, 0.1) is 7.11 Å². The molecule has 0 heterocycles. The molecule has 4 heteroatoms. The Morgan fingerprint density at radius 1 is 1.11 bits per heavy atom. The second-order valence-electron chi connectivity index (χ2n) is 3.90. The van der Waals surface area contributed by atoms with Crippen LogP contribution in [0.5, 0.6) is 5.75 Å². The molecule has 0 saturated carbocycles. The average molecular weight is 248 g/mol. The normalized spacial score (nSPS) is 9.83. The van der Waals surface area contributed by atoms with Gasteiger partial charge in [0.1, 0.15) is 17.8 Å². The van der Waals surface area contributed by atoms with Crippen LogP contribution in [0, 0.1) is 0 Å². The summed E-state index contributed by atoms with van der Waals surface area (Å²) < 4.78 is 4.99. The zero-order valence-electron chi connectivity index (χ0n) is 10.3. The first kappa shape index (κ1) is 14.1. The molecule has 96 valence electrons. The van der Waals surface area contributed by atoms with Crippen molar-refractivity contribution in [2.24, 2.45) is 0 Å². The van der Waals surface area contributed by atoms with E-state index in [1.54, 1.807) is 31.4 Å². The number of methoxy groups -OCH3 is 1. The van der Waals surface area contributed by atoms with Gasteiger partial charge in [0, 0.05) is 31.2 Å². The van der Waals surface area contributed by atoms with E-state index in [0.717, 1.165) is 0 Å². The molecule has 0 N–H and O–H groups in total. The number of Topliss-reactive ketones (excluding diaryl/α,β-unsaturated/α-hetero) is 2. The lowest BCUT2D eigenvalue weighted by molar-refractivity contribution is -0.120. The first-order valence-corrected chi connectivity index (χ1v) is 5.80. The van der Waals surface area contributed by atoms with Gasteiger partial charge in [0.2, 0.25) is 0 Å². The van der Waals surface area contributed by atoms with Crippen LogP contribution < -0.4 is 4.74 Å². The number of carbonyl (C=O) groups is 3. The lowest BCUT2D eigenvalue weighted by Crippen LogP contribution is -2.05. The molecule has 0 saturated heterocycles. The maximum absolute atomic E-state index is 11.8. The van der Waals surface area contributed by atoms with Gasteiger partial charge >= 0.3 is 0 Å². The Hall–Kier alpha value is -1.97. The molecule has 0 amide bonds. The Morgan fingerprint density at radius 3 is 2.33 bits per heavy atom. The first-order chi connectivity index (χ1) is 8.67. The quantitative estimate of drug-likeness (QED) is 0.522. The summed E-state index contributed by atoms with van der Waals surface area (Å²) >= 11 is 0. The van der Waals surface area contributed by atoms with Crippen LogP contribution in [0.2, 0.25) is 0 Å². The smallest absolute Gasteiger partial charge is 0.163 e. The molecule has 18 heavy (non-hydrogen) atoms. The first-order valence-electron chi connectivity index (χ1n) is 5.80. The fraction of sp³-hybridized carbons (Fsp3) is 0.357. The van der Waals surface area contributed by atoms with Crippen LogP contribution >= 0.6 is 0 Å². The average Bonchev–Trinajstić information content (AvgIpc) is 2.42. The third-order valence-corrected chi connectivity index (χ3v) is 2.58. The highest BCUT2D eigenvalue weighted by Crippen LogP contribution is 2.13. The fourth-order valence-corrected chi connectivity index (χ4v) is 1.52. The second kappa shape index (κ2) is 7.37. The number of aldehydes is 1. The van der Waals surface area contributed by atoms with E-state index in [1.807, 2.05) is 0 Å². The van der Waals surface area contributed by atoms with Crippen molar-refractivity contribution in [3.63, 3.8) is 0 Å². The maximum Gasteiger partial charge on any atom is 0.163 e. The van der Waals surface area contributed by atoms with Gasteiger partial charge < -0.3 is 9.53 Å². The minimum atomic E-state index is -0.0721. The van der Waals surface area contributed by atoms with Crippen molar-refractivity contribution in [2.45, 2.75) is 25.7 Å². The molecule has 0 unspecified atom stereocenters. The molecule has 1 rings (SSSR count). The molecule has 0 aromatic heterocycles. The Balaban J connectivity index is 2.44. The number of rotatable bonds is 8. The number of hydrogen-bond acceptors (Lipinski definition) is 4. The van der Waals surface area contributed by atoms with Gasteiger partial charge in [-0.3, -0.25) is 9.59 Å². The van der Waals surface area contributed by atoms with Gasteiger partial charge in [0.25, 0.3) is 0 Å². The summed E-state index contributed by atoms with van der Waals surface area (Å²) in [6, 6.07) is 6.77. The minimum absolute atomic E-state index is 0.0519. The largest absolute Gasteiger partial charge is 0.497 e. The van der Waals surface area contributed by atoms with Crippen LogP contribution in [-0.4, -0.2) is 25.0 Å². The molecule has 0 bridgehead atoms. The molecule has 1 aromatic carbocycles. The number of hydrogen-bond donors (Lipinski definition) is 0. The molecule has 4 nitrogen and oxygen atoms in total. The third-order valence-electron chi connectivity index (χ3n) is 2.58. The summed E-state index contributed by atoms with van der Waals surface area (Å²) in [5, 5.41) is 0. The molecule has 0 aliphatic heterocycles. The highest BCUT2D eigenvalue weighted by Gasteiger charge is 2.09. The number of ketones is 2. The molecular weight excluding hydrogens is 232 g/mol. The van der Waals surface area contributed by atoms with Crippen molar-refractivity contribution in [1.29, 1.82) is 0 Å². The predicted molar refractivity (Wildman–Crippen MR) is 66.9 cm³/mol. The summed E-state index contributed by atoms with van der Waals surface area (Å²) in [5.74, 6) is 0.565. The summed E-state index contributed by atoms with van der Waals surface area (Å²) in [7, 11) is 1.56. The zero-order chi connectivity index (χ0) is 13.4. The van der Waals surface area contributed by atoms with Crippen LogP contribution in [0.1, 0.15) is 36.0 Å². The molecule has 0 aliphatic rings. The van der Waals surface area contributed by atoms with E-state index < -0.39 is 0 Å². The minimum Gasteiger partial charge on any atom is -0.497 e. The lowest BCUT2D eigenvalue weighted by atomic mass is 10.0. The van der Waals surface area contributed by atoms with E-state index in [9.17, 15) is 14.4 Å². The summed E-state index contributed by atoms with van der Waals surface area (Å²) in [5.41, 5.74) is 0.569. The molecule has 1 aromatic rings. The molecular formula is C14H16O4. The van der Waals surface area contributed by atoms with Crippen molar-refractivity contribution in [1.82, 2.24) is 0 Å². The van der Waals surface area contributed by atoms with E-state index in [4.69, 9.17) is 4.74 Å². The van der Waals surface area contributed by atoms with Crippen LogP contribution in [-0.2, 0) is 9.59 Å². The van der Waals surface area contributed by atoms with Crippen LogP contribution in [0.3, 0.4) is 0 Å². The molecule has 0 atom stereocenters. The Morgan fingerprint density at radius 2 is 1.78 bits per heavy atom. The Bertz CT molecular complexity index is 420. The SMILES string of the molecule is COc1ccc(C(=O)CCC(=O)CCC=O)cc1. The highest BCUT2D eigenvalue weighted by atomic mass is 16.5. The van der Waals surface area contributed by atoms with Crippen molar-refractivity contribution < 1.29 is 19.1 Å². The fourth-order valence-electron chi connectivity index (χ4n) is 1.52. The number of carbonyl (C=O) groups excluding carboxylic acids is 3. The van der Waals surface area contributed by atoms with Crippen LogP contribution in [0.15, 0.2) is 24.3 Å². The van der Waals surface area contributed by atoms with E-state index >= 15 is 0 Å². The number of benzene rings is 1. The molecule has 0 aliphatic carbocycles. The van der Waals surface area contributed by atoms with Crippen molar-refractivity contribution in [2.75, 3.05) is 7.11 Å². The van der Waals surface area contributed by atoms with E-state index in [1.165, 1.54) is 0 Å². The van der Waals surface area contributed by atoms with Crippen LogP contribution in [0.4, 0.5) is 0 Å². The van der Waals surface area contributed by atoms with Gasteiger partial charge in [-0.15, -0.1) is 0 Å². The van der Waals surface area contributed by atoms with Crippen molar-refractivity contribution in [3.8, 4) is 5.75 Å². The van der Waals surface area contributed by atoms with Gasteiger partial charge in [-0.1, -0.05) is 0 Å². The maximum atomic E-state index is 11.8. The Kier molecular flexibility index (Phi) is 5.77. The third kappa shape index (κ3) is 4.49. The summed E-state index contributed by atoms with van der Waals surface area (Å²) in [6.45, 7) is 0. The van der Waals surface area contributed by atoms with E-state index in [0.29, 0.717) is 17.6 Å². The molecule has 0 spiro atoms. The summed E-state index contributed by atoms with van der Waals surface area (Å²) in [4.78, 5) is 33.2. The van der Waals surface area contributed by atoms with Crippen molar-refractivity contribution in [3.05, 3.63) is 29.8 Å². The van der Waals surface area contributed by atoms with Gasteiger partial charge in [-0.25, -0.2) is 0 Å². The summed E-state index contributed by atoms with van der Waals surface area (Å²) in [6.07, 6.45) is 1.54. The topological polar surface area (TPSA) is 60.4 Å². The molecule has 0 radical (unpaired) electrons. The predicted octanol–water partition coefficient (Wildman–Crippen LogP) is 2.21. The van der Waals surface area contributed by atoms with Gasteiger partial charge in [-0.2, -0.15) is 0 Å². The van der Waals surface area contributed by atoms with Crippen LogP contribution in [0.25, 0.3) is 0 Å². The van der Waals surface area contributed by atoms with E-state index in [-0.39, 0.29) is 37.2 Å². The van der Waals surface area contributed by atoms with E-state index in [2.05, 4.69) is 0 Å². The second-order valence-corrected chi connectivity index (χ2v) is 3.90. The monoisotopic (exact) mass is 248 g/mol. The highest BCUT2D eigenvalue weighted by molar-refractivity contribution is 5.98. The molecule has 0 fully saturated rings. The van der Waals surface area contributed by atoms with Gasteiger partial charge in [0.15, 0.2) is 5.78 Å².